The van der Waals surface area contributed by atoms with Crippen LogP contribution in [0.4, 0.5) is 5.95 Å². The highest BCUT2D eigenvalue weighted by Gasteiger charge is 1.99. The Kier molecular flexibility index (Phi) is 1.99. The van der Waals surface area contributed by atoms with E-state index in [0.717, 1.165) is 0 Å². The van der Waals surface area contributed by atoms with Crippen LogP contribution in [0, 0.1) is 0 Å². The summed E-state index contributed by atoms with van der Waals surface area (Å²) in [5.41, 5.74) is 5.51. The van der Waals surface area contributed by atoms with E-state index in [1.807, 2.05) is 16.8 Å². The first-order valence-electron chi connectivity index (χ1n) is 3.05. The predicted molar refractivity (Wildman–Crippen MR) is 39.0 cm³/mol. The SMILES string of the molecule is C=CC[n+]1cccnc1N. The predicted octanol–water partition coefficient (Wildman–Crippen LogP) is 0.137. The number of hydrogen-bond donors (Lipinski definition) is 1. The summed E-state index contributed by atoms with van der Waals surface area (Å²) in [6.07, 6.45) is 5.30. The Bertz CT molecular complexity index is 232. The minimum Gasteiger partial charge on any atom is -0.287 e. The lowest BCUT2D eigenvalue weighted by Crippen LogP contribution is -2.36. The first-order chi connectivity index (χ1) is 4.84. The molecule has 0 saturated heterocycles. The Hall–Kier alpha value is -1.38. The molecule has 2 N–H and O–H groups in total. The minimum atomic E-state index is 0.516. The molecule has 0 aliphatic heterocycles. The molecule has 52 valence electrons. The van der Waals surface area contributed by atoms with Crippen molar-refractivity contribution in [3.05, 3.63) is 31.1 Å². The lowest BCUT2D eigenvalue weighted by atomic mass is 10.5. The van der Waals surface area contributed by atoms with E-state index < -0.39 is 0 Å². The van der Waals surface area contributed by atoms with Crippen LogP contribution >= 0.6 is 0 Å². The molecule has 0 fully saturated rings. The summed E-state index contributed by atoms with van der Waals surface area (Å²) in [5.74, 6) is 0.516. The van der Waals surface area contributed by atoms with Gasteiger partial charge in [-0.15, -0.1) is 0 Å². The van der Waals surface area contributed by atoms with Crippen molar-refractivity contribution in [1.29, 1.82) is 0 Å². The van der Waals surface area contributed by atoms with Gasteiger partial charge >= 0.3 is 5.95 Å². The smallest absolute Gasteiger partial charge is 0.287 e. The van der Waals surface area contributed by atoms with Gasteiger partial charge in [0.1, 0.15) is 6.20 Å². The molecular formula is C7H10N3+. The molecule has 0 atom stereocenters. The van der Waals surface area contributed by atoms with Crippen LogP contribution in [0.1, 0.15) is 0 Å². The van der Waals surface area contributed by atoms with Crippen LogP contribution in [0.25, 0.3) is 0 Å². The third kappa shape index (κ3) is 1.31. The molecule has 0 bridgehead atoms. The van der Waals surface area contributed by atoms with E-state index in [0.29, 0.717) is 12.5 Å². The Labute approximate surface area is 59.8 Å². The molecule has 1 rings (SSSR count). The maximum absolute atomic E-state index is 5.51. The molecule has 3 heteroatoms. The van der Waals surface area contributed by atoms with Crippen molar-refractivity contribution in [3.8, 4) is 0 Å². The number of rotatable bonds is 2. The molecule has 1 aromatic rings. The number of hydrogen-bond acceptors (Lipinski definition) is 2. The quantitative estimate of drug-likeness (QED) is 0.464. The van der Waals surface area contributed by atoms with E-state index in [2.05, 4.69) is 11.6 Å². The second-order valence-electron chi connectivity index (χ2n) is 1.92. The average molecular weight is 136 g/mol. The number of aromatic nitrogens is 2. The van der Waals surface area contributed by atoms with Crippen molar-refractivity contribution in [1.82, 2.24) is 4.98 Å². The Balaban J connectivity index is 2.91. The Morgan fingerprint density at radius 2 is 2.60 bits per heavy atom. The average Bonchev–Trinajstić information content (AvgIpc) is 1.94. The van der Waals surface area contributed by atoms with Gasteiger partial charge < -0.3 is 0 Å². The lowest BCUT2D eigenvalue weighted by molar-refractivity contribution is -0.675. The van der Waals surface area contributed by atoms with Gasteiger partial charge in [-0.05, 0) is 0 Å². The lowest BCUT2D eigenvalue weighted by Gasteiger charge is -1.94. The molecular weight excluding hydrogens is 126 g/mol. The van der Waals surface area contributed by atoms with Crippen LogP contribution in [0.15, 0.2) is 31.1 Å². The zero-order chi connectivity index (χ0) is 7.40. The van der Waals surface area contributed by atoms with E-state index >= 15 is 0 Å². The molecule has 0 aromatic carbocycles. The van der Waals surface area contributed by atoms with E-state index in [-0.39, 0.29) is 0 Å². The molecule has 0 unspecified atom stereocenters. The number of nitrogen functional groups attached to an aromatic ring is 1. The number of allylic oxidation sites excluding steroid dienone is 1. The van der Waals surface area contributed by atoms with Crippen molar-refractivity contribution in [2.75, 3.05) is 5.73 Å². The fourth-order valence-corrected chi connectivity index (χ4v) is 0.706. The van der Waals surface area contributed by atoms with Crippen LogP contribution in [0.2, 0.25) is 0 Å². The van der Waals surface area contributed by atoms with Crippen molar-refractivity contribution in [2.24, 2.45) is 0 Å². The maximum atomic E-state index is 5.51. The van der Waals surface area contributed by atoms with E-state index in [1.54, 1.807) is 12.3 Å². The number of anilines is 1. The molecule has 0 radical (unpaired) electrons. The monoisotopic (exact) mass is 136 g/mol. The van der Waals surface area contributed by atoms with Crippen LogP contribution in [-0.2, 0) is 6.54 Å². The first kappa shape index (κ1) is 6.74. The van der Waals surface area contributed by atoms with Gasteiger partial charge in [-0.1, -0.05) is 17.6 Å². The highest BCUT2D eigenvalue weighted by atomic mass is 15.1. The maximum Gasteiger partial charge on any atom is 0.389 e. The molecule has 0 spiro atoms. The van der Waals surface area contributed by atoms with Gasteiger partial charge in [0.15, 0.2) is 0 Å². The van der Waals surface area contributed by atoms with Gasteiger partial charge in [-0.2, -0.15) is 0 Å². The Morgan fingerprint density at radius 3 is 3.20 bits per heavy atom. The third-order valence-electron chi connectivity index (χ3n) is 1.18. The highest BCUT2D eigenvalue weighted by molar-refractivity contribution is 5.03. The zero-order valence-corrected chi connectivity index (χ0v) is 5.70. The van der Waals surface area contributed by atoms with Gasteiger partial charge in [-0.3, -0.25) is 5.73 Å². The molecule has 1 heterocycles. The van der Waals surface area contributed by atoms with Crippen LogP contribution in [0.3, 0.4) is 0 Å². The first-order valence-corrected chi connectivity index (χ1v) is 3.05. The molecule has 0 amide bonds. The largest absolute Gasteiger partial charge is 0.389 e. The molecule has 10 heavy (non-hydrogen) atoms. The summed E-state index contributed by atoms with van der Waals surface area (Å²) in [7, 11) is 0. The second kappa shape index (κ2) is 2.96. The number of nitrogens with zero attached hydrogens (tertiary/aromatic N) is 2. The minimum absolute atomic E-state index is 0.516. The normalized spacial score (nSPS) is 9.20. The van der Waals surface area contributed by atoms with Gasteiger partial charge in [0.25, 0.3) is 0 Å². The highest BCUT2D eigenvalue weighted by Crippen LogP contribution is 1.83. The van der Waals surface area contributed by atoms with Gasteiger partial charge in [0.05, 0.1) is 12.7 Å². The van der Waals surface area contributed by atoms with Gasteiger partial charge in [0, 0.05) is 6.07 Å². The van der Waals surface area contributed by atoms with Gasteiger partial charge in [0.2, 0.25) is 0 Å². The summed E-state index contributed by atoms with van der Waals surface area (Å²) in [6, 6.07) is 1.83. The van der Waals surface area contributed by atoms with Crippen LogP contribution in [-0.4, -0.2) is 4.98 Å². The Morgan fingerprint density at radius 1 is 1.80 bits per heavy atom. The van der Waals surface area contributed by atoms with E-state index in [1.165, 1.54) is 0 Å². The topological polar surface area (TPSA) is 42.8 Å². The van der Waals surface area contributed by atoms with Crippen molar-refractivity contribution < 1.29 is 4.57 Å². The molecule has 3 nitrogen and oxygen atoms in total. The number of nitrogens with two attached hydrogens (primary N) is 1. The zero-order valence-electron chi connectivity index (χ0n) is 5.70. The van der Waals surface area contributed by atoms with Crippen molar-refractivity contribution >= 4 is 5.95 Å². The second-order valence-corrected chi connectivity index (χ2v) is 1.92. The fourth-order valence-electron chi connectivity index (χ4n) is 0.706. The van der Waals surface area contributed by atoms with Gasteiger partial charge in [-0.25, -0.2) is 4.57 Å². The summed E-state index contributed by atoms with van der Waals surface area (Å²) in [4.78, 5) is 3.89. The van der Waals surface area contributed by atoms with Crippen LogP contribution in [0.5, 0.6) is 0 Å². The van der Waals surface area contributed by atoms with E-state index in [4.69, 9.17) is 5.73 Å². The summed E-state index contributed by atoms with van der Waals surface area (Å²) in [5, 5.41) is 0. The van der Waals surface area contributed by atoms with Crippen molar-refractivity contribution in [2.45, 2.75) is 6.54 Å². The molecule has 0 aliphatic carbocycles. The van der Waals surface area contributed by atoms with Crippen molar-refractivity contribution in [3.63, 3.8) is 0 Å². The molecule has 0 saturated carbocycles. The standard InChI is InChI=1S/C7H9N3/c1-2-5-10-6-3-4-9-7(10)8/h2-4,6,8H,1,5H2/p+1. The fraction of sp³-hybridized carbons (Fsp3) is 0.143. The third-order valence-corrected chi connectivity index (χ3v) is 1.18. The molecule has 1 aromatic heterocycles. The molecule has 0 aliphatic rings. The van der Waals surface area contributed by atoms with E-state index in [9.17, 15) is 0 Å². The van der Waals surface area contributed by atoms with Crippen LogP contribution < -0.4 is 10.3 Å². The summed E-state index contributed by atoms with van der Waals surface area (Å²) >= 11 is 0. The summed E-state index contributed by atoms with van der Waals surface area (Å²) < 4.78 is 1.81. The summed E-state index contributed by atoms with van der Waals surface area (Å²) in [6.45, 7) is 4.30.